The summed E-state index contributed by atoms with van der Waals surface area (Å²) < 4.78 is 16.0. The van der Waals surface area contributed by atoms with Crippen LogP contribution >= 0.6 is 22.7 Å². The van der Waals surface area contributed by atoms with E-state index in [1.807, 2.05) is 35.0 Å². The molecule has 0 aliphatic heterocycles. The number of anilines is 1. The highest BCUT2D eigenvalue weighted by molar-refractivity contribution is 7.15. The topological polar surface area (TPSA) is 65.0 Å². The van der Waals surface area contributed by atoms with Crippen LogP contribution in [-0.2, 0) is 0 Å². The number of thiazole rings is 1. The molecule has 0 saturated heterocycles. The van der Waals surface area contributed by atoms with Gasteiger partial charge >= 0.3 is 0 Å². The van der Waals surface area contributed by atoms with Gasteiger partial charge in [-0.3, -0.25) is 5.43 Å². The van der Waals surface area contributed by atoms with Crippen LogP contribution in [0.5, 0.6) is 17.2 Å². The van der Waals surface area contributed by atoms with Crippen molar-refractivity contribution in [2.45, 2.75) is 0 Å². The fraction of sp³-hybridized carbons (Fsp3) is 0.176. The number of thiophene rings is 1. The summed E-state index contributed by atoms with van der Waals surface area (Å²) in [7, 11) is 4.74. The van der Waals surface area contributed by atoms with Crippen molar-refractivity contribution in [1.82, 2.24) is 4.98 Å². The van der Waals surface area contributed by atoms with Gasteiger partial charge in [-0.1, -0.05) is 6.07 Å². The lowest BCUT2D eigenvalue weighted by molar-refractivity contribution is 0.324. The minimum absolute atomic E-state index is 0.552. The first-order chi connectivity index (χ1) is 12.2. The Balaban J connectivity index is 1.74. The van der Waals surface area contributed by atoms with Crippen LogP contribution < -0.4 is 19.6 Å². The Morgan fingerprint density at radius 2 is 1.84 bits per heavy atom. The Morgan fingerprint density at radius 1 is 1.08 bits per heavy atom. The number of hydrazone groups is 1. The van der Waals surface area contributed by atoms with Gasteiger partial charge in [-0.25, -0.2) is 4.98 Å². The molecule has 1 N–H and O–H groups in total. The van der Waals surface area contributed by atoms with Gasteiger partial charge in [0.1, 0.15) is 0 Å². The fourth-order valence-corrected chi connectivity index (χ4v) is 3.62. The molecule has 0 radical (unpaired) electrons. The lowest BCUT2D eigenvalue weighted by atomic mass is 10.2. The standard InChI is InChI=1S/C17H17N3O3S2/c1-21-13-7-11(8-14(22-2)16(13)23-3)9-18-20-17-19-12(10-25-17)15-5-4-6-24-15/h4-10H,1-3H3,(H,19,20)/b18-9-. The van der Waals surface area contributed by atoms with Crippen molar-refractivity contribution in [3.8, 4) is 27.8 Å². The van der Waals surface area contributed by atoms with E-state index < -0.39 is 0 Å². The molecule has 0 bridgehead atoms. The highest BCUT2D eigenvalue weighted by Gasteiger charge is 2.12. The molecule has 8 heteroatoms. The molecule has 2 heterocycles. The van der Waals surface area contributed by atoms with Crippen LogP contribution in [0.15, 0.2) is 40.1 Å². The van der Waals surface area contributed by atoms with Gasteiger partial charge < -0.3 is 14.2 Å². The molecule has 6 nitrogen and oxygen atoms in total. The van der Waals surface area contributed by atoms with Crippen molar-refractivity contribution in [3.63, 3.8) is 0 Å². The van der Waals surface area contributed by atoms with Crippen molar-refractivity contribution in [2.24, 2.45) is 5.10 Å². The molecular formula is C17H17N3O3S2. The Morgan fingerprint density at radius 3 is 2.44 bits per heavy atom. The third-order valence-electron chi connectivity index (χ3n) is 3.34. The van der Waals surface area contributed by atoms with Gasteiger partial charge in [0.15, 0.2) is 11.5 Å². The van der Waals surface area contributed by atoms with Crippen molar-refractivity contribution in [3.05, 3.63) is 40.6 Å². The third kappa shape index (κ3) is 3.92. The molecule has 0 saturated carbocycles. The monoisotopic (exact) mass is 375 g/mol. The van der Waals surface area contributed by atoms with E-state index in [1.54, 1.807) is 38.9 Å². The molecular weight excluding hydrogens is 358 g/mol. The van der Waals surface area contributed by atoms with Crippen LogP contribution in [0, 0.1) is 0 Å². The van der Waals surface area contributed by atoms with Crippen LogP contribution in [0.25, 0.3) is 10.6 Å². The van der Waals surface area contributed by atoms with Crippen LogP contribution in [0.4, 0.5) is 5.13 Å². The number of methoxy groups -OCH3 is 3. The van der Waals surface area contributed by atoms with Crippen molar-refractivity contribution >= 4 is 34.0 Å². The van der Waals surface area contributed by atoms with Crippen molar-refractivity contribution in [1.29, 1.82) is 0 Å². The van der Waals surface area contributed by atoms with Gasteiger partial charge in [-0.15, -0.1) is 22.7 Å². The quantitative estimate of drug-likeness (QED) is 0.491. The smallest absolute Gasteiger partial charge is 0.203 e. The second kappa shape index (κ2) is 8.00. The summed E-state index contributed by atoms with van der Waals surface area (Å²) in [5.41, 5.74) is 4.71. The zero-order valence-corrected chi connectivity index (χ0v) is 15.6. The molecule has 2 aromatic heterocycles. The van der Waals surface area contributed by atoms with Crippen LogP contribution in [0.2, 0.25) is 0 Å². The molecule has 0 unspecified atom stereocenters. The summed E-state index contributed by atoms with van der Waals surface area (Å²) in [5.74, 6) is 1.71. The van der Waals surface area contributed by atoms with E-state index in [2.05, 4.69) is 15.5 Å². The molecule has 0 fully saturated rings. The number of nitrogens with one attached hydrogen (secondary N) is 1. The molecule has 130 valence electrons. The van der Waals surface area contributed by atoms with E-state index >= 15 is 0 Å². The van der Waals surface area contributed by atoms with E-state index in [0.29, 0.717) is 17.2 Å². The first-order valence-corrected chi connectivity index (χ1v) is 9.09. The van der Waals surface area contributed by atoms with Gasteiger partial charge in [0.25, 0.3) is 0 Å². The molecule has 3 aromatic rings. The fourth-order valence-electron chi connectivity index (χ4n) is 2.20. The summed E-state index contributed by atoms with van der Waals surface area (Å²) in [6, 6.07) is 7.70. The van der Waals surface area contributed by atoms with Gasteiger partial charge in [-0.05, 0) is 23.6 Å². The molecule has 3 rings (SSSR count). The Kier molecular flexibility index (Phi) is 5.52. The van der Waals surface area contributed by atoms with Gasteiger partial charge in [0.05, 0.1) is 38.1 Å². The number of nitrogens with zero attached hydrogens (tertiary/aromatic N) is 2. The maximum Gasteiger partial charge on any atom is 0.203 e. The number of aromatic nitrogens is 1. The summed E-state index contributed by atoms with van der Waals surface area (Å²) in [4.78, 5) is 5.65. The molecule has 0 atom stereocenters. The van der Waals surface area contributed by atoms with E-state index in [0.717, 1.165) is 21.3 Å². The summed E-state index contributed by atoms with van der Waals surface area (Å²) in [6.45, 7) is 0. The van der Waals surface area contributed by atoms with Crippen LogP contribution in [-0.4, -0.2) is 32.5 Å². The highest BCUT2D eigenvalue weighted by atomic mass is 32.1. The minimum atomic E-state index is 0.552. The summed E-state index contributed by atoms with van der Waals surface area (Å²) in [6.07, 6.45) is 1.68. The predicted octanol–water partition coefficient (Wildman–Crippen LogP) is 4.34. The first kappa shape index (κ1) is 17.2. The second-order valence-corrected chi connectivity index (χ2v) is 6.65. The number of hydrogen-bond donors (Lipinski definition) is 1. The average molecular weight is 375 g/mol. The third-order valence-corrected chi connectivity index (χ3v) is 4.98. The van der Waals surface area contributed by atoms with E-state index in [9.17, 15) is 0 Å². The molecule has 1 aromatic carbocycles. The van der Waals surface area contributed by atoms with Crippen LogP contribution in [0.3, 0.4) is 0 Å². The zero-order valence-electron chi connectivity index (χ0n) is 14.0. The zero-order chi connectivity index (χ0) is 17.6. The Labute approximate surface area is 153 Å². The van der Waals surface area contributed by atoms with E-state index in [1.165, 1.54) is 11.3 Å². The summed E-state index contributed by atoms with van der Waals surface area (Å²) >= 11 is 3.17. The molecule has 0 spiro atoms. The number of benzene rings is 1. The van der Waals surface area contributed by atoms with Crippen molar-refractivity contribution in [2.75, 3.05) is 26.8 Å². The highest BCUT2D eigenvalue weighted by Crippen LogP contribution is 2.37. The Hall–Kier alpha value is -2.58. The maximum atomic E-state index is 5.33. The molecule has 0 aliphatic rings. The second-order valence-electron chi connectivity index (χ2n) is 4.84. The number of ether oxygens (including phenoxy) is 3. The van der Waals surface area contributed by atoms with Gasteiger partial charge in [0, 0.05) is 10.9 Å². The number of rotatable bonds is 7. The van der Waals surface area contributed by atoms with Crippen molar-refractivity contribution < 1.29 is 14.2 Å². The maximum absolute atomic E-state index is 5.33. The largest absolute Gasteiger partial charge is 0.493 e. The van der Waals surface area contributed by atoms with Crippen LogP contribution in [0.1, 0.15) is 5.56 Å². The normalized spacial score (nSPS) is 10.8. The number of hydrogen-bond acceptors (Lipinski definition) is 8. The van der Waals surface area contributed by atoms with Gasteiger partial charge in [0.2, 0.25) is 10.9 Å². The van der Waals surface area contributed by atoms with E-state index in [4.69, 9.17) is 14.2 Å². The van der Waals surface area contributed by atoms with Gasteiger partial charge in [-0.2, -0.15) is 5.10 Å². The lowest BCUT2D eigenvalue weighted by Crippen LogP contribution is -1.97. The predicted molar refractivity (Wildman–Crippen MR) is 103 cm³/mol. The molecule has 25 heavy (non-hydrogen) atoms. The average Bonchev–Trinajstić information content (AvgIpc) is 3.32. The first-order valence-electron chi connectivity index (χ1n) is 7.33. The SMILES string of the molecule is COc1cc(/C=N\Nc2nc(-c3cccs3)cs2)cc(OC)c1OC. The molecule has 0 amide bonds. The minimum Gasteiger partial charge on any atom is -0.493 e. The summed E-state index contributed by atoms with van der Waals surface area (Å²) in [5, 5.41) is 9.00. The molecule has 0 aliphatic carbocycles. The lowest BCUT2D eigenvalue weighted by Gasteiger charge is -2.12. The Bertz CT molecular complexity index is 835. The van der Waals surface area contributed by atoms with E-state index in [-0.39, 0.29) is 0 Å².